The fraction of sp³-hybridized carbons (Fsp3) is 0.455. The smallest absolute Gasteiger partial charge is 0.244 e. The molecule has 1 aliphatic rings. The molecule has 1 aromatic heterocycles. The summed E-state index contributed by atoms with van der Waals surface area (Å²) in [5.41, 5.74) is 3.06. The number of rotatable bonds is 3. The van der Waals surface area contributed by atoms with E-state index in [1.165, 1.54) is 11.3 Å². The van der Waals surface area contributed by atoms with Gasteiger partial charge < -0.3 is 0 Å². The molecule has 1 aromatic rings. The number of hydrazone groups is 1. The van der Waals surface area contributed by atoms with E-state index >= 15 is 0 Å². The zero-order chi connectivity index (χ0) is 14.0. The van der Waals surface area contributed by atoms with Gasteiger partial charge in [0.05, 0.1) is 32.3 Å². The third-order valence-electron chi connectivity index (χ3n) is 2.87. The Kier molecular flexibility index (Phi) is 4.27. The van der Waals surface area contributed by atoms with Crippen molar-refractivity contribution in [3.63, 3.8) is 0 Å². The number of hydrogen-bond donors (Lipinski definition) is 1. The Labute approximate surface area is 120 Å². The number of thiophene rings is 1. The highest BCUT2D eigenvalue weighted by Gasteiger charge is 2.32. The monoisotopic (exact) mass is 320 g/mol. The lowest BCUT2D eigenvalue weighted by atomic mass is 10.1. The standard InChI is InChI=1S/C11H13ClN2O3S2/c1-7(9-2-3-10(12)18-9)13-14-11(15)8-4-5-19(16,17)6-8/h2-3,8H,4-6H2,1H3,(H,14,15)/b13-7-/t8-/m1/s1. The van der Waals surface area contributed by atoms with Crippen molar-refractivity contribution in [2.45, 2.75) is 13.3 Å². The van der Waals surface area contributed by atoms with Crippen LogP contribution in [0.3, 0.4) is 0 Å². The van der Waals surface area contributed by atoms with Crippen LogP contribution in [0.2, 0.25) is 4.34 Å². The molecule has 1 N–H and O–H groups in total. The van der Waals surface area contributed by atoms with Gasteiger partial charge in [0.15, 0.2) is 9.84 Å². The van der Waals surface area contributed by atoms with Gasteiger partial charge in [-0.1, -0.05) is 11.6 Å². The number of halogens is 1. The second-order valence-corrected chi connectivity index (χ2v) is 8.32. The van der Waals surface area contributed by atoms with E-state index in [0.717, 1.165) is 4.88 Å². The van der Waals surface area contributed by atoms with Crippen LogP contribution in [-0.4, -0.2) is 31.5 Å². The highest BCUT2D eigenvalue weighted by atomic mass is 35.5. The fourth-order valence-electron chi connectivity index (χ4n) is 1.80. The Morgan fingerprint density at radius 2 is 2.26 bits per heavy atom. The maximum Gasteiger partial charge on any atom is 0.244 e. The second-order valence-electron chi connectivity index (χ2n) is 4.38. The van der Waals surface area contributed by atoms with E-state index in [4.69, 9.17) is 11.6 Å². The number of hydrogen-bond acceptors (Lipinski definition) is 5. The van der Waals surface area contributed by atoms with E-state index < -0.39 is 15.8 Å². The summed E-state index contributed by atoms with van der Waals surface area (Å²) in [6, 6.07) is 3.57. The van der Waals surface area contributed by atoms with Gasteiger partial charge in [0.25, 0.3) is 0 Å². The van der Waals surface area contributed by atoms with Crippen LogP contribution in [0.15, 0.2) is 17.2 Å². The van der Waals surface area contributed by atoms with E-state index in [1.54, 1.807) is 13.0 Å². The van der Waals surface area contributed by atoms with Crippen molar-refractivity contribution >= 4 is 44.4 Å². The highest BCUT2D eigenvalue weighted by Crippen LogP contribution is 2.22. The number of sulfone groups is 1. The summed E-state index contributed by atoms with van der Waals surface area (Å²) >= 11 is 7.18. The maximum absolute atomic E-state index is 11.8. The largest absolute Gasteiger partial charge is 0.273 e. The molecule has 2 rings (SSSR count). The van der Waals surface area contributed by atoms with Gasteiger partial charge in [0.1, 0.15) is 0 Å². The Morgan fingerprint density at radius 1 is 1.53 bits per heavy atom. The SMILES string of the molecule is C/C(=N/NC(=O)[C@@H]1CCS(=O)(=O)C1)c1ccc(Cl)s1. The van der Waals surface area contributed by atoms with Crippen LogP contribution in [0.1, 0.15) is 18.2 Å². The summed E-state index contributed by atoms with van der Waals surface area (Å²) in [5.74, 6) is -0.844. The Morgan fingerprint density at radius 3 is 2.79 bits per heavy atom. The van der Waals surface area contributed by atoms with Crippen molar-refractivity contribution in [3.05, 3.63) is 21.3 Å². The average Bonchev–Trinajstić information content (AvgIpc) is 2.91. The van der Waals surface area contributed by atoms with Gasteiger partial charge in [0.2, 0.25) is 5.91 Å². The van der Waals surface area contributed by atoms with Crippen LogP contribution in [0.25, 0.3) is 0 Å². The summed E-state index contributed by atoms with van der Waals surface area (Å²) in [6.07, 6.45) is 0.369. The second kappa shape index (κ2) is 5.60. The number of carbonyl (C=O) groups excluding carboxylic acids is 1. The summed E-state index contributed by atoms with van der Waals surface area (Å²) < 4.78 is 23.2. The topological polar surface area (TPSA) is 75.6 Å². The molecule has 0 aromatic carbocycles. The molecule has 0 spiro atoms. The zero-order valence-electron chi connectivity index (χ0n) is 10.2. The van der Waals surface area contributed by atoms with Crippen LogP contribution in [-0.2, 0) is 14.6 Å². The maximum atomic E-state index is 11.8. The Hall–Kier alpha value is -0.920. The molecular formula is C11H13ClN2O3S2. The molecule has 0 bridgehead atoms. The van der Waals surface area contributed by atoms with Crippen molar-refractivity contribution < 1.29 is 13.2 Å². The van der Waals surface area contributed by atoms with Gasteiger partial charge in [-0.05, 0) is 25.5 Å². The van der Waals surface area contributed by atoms with E-state index in [9.17, 15) is 13.2 Å². The molecular weight excluding hydrogens is 308 g/mol. The van der Waals surface area contributed by atoms with Gasteiger partial charge in [-0.25, -0.2) is 13.8 Å². The summed E-state index contributed by atoms with van der Waals surface area (Å²) in [7, 11) is -3.05. The molecule has 5 nitrogen and oxygen atoms in total. The molecule has 19 heavy (non-hydrogen) atoms. The van der Waals surface area contributed by atoms with Crippen molar-refractivity contribution in [2.24, 2.45) is 11.0 Å². The number of nitrogens with zero attached hydrogens (tertiary/aromatic N) is 1. The van der Waals surface area contributed by atoms with Crippen LogP contribution < -0.4 is 5.43 Å². The molecule has 104 valence electrons. The first-order valence-electron chi connectivity index (χ1n) is 5.68. The summed E-state index contributed by atoms with van der Waals surface area (Å²) in [4.78, 5) is 12.6. The quantitative estimate of drug-likeness (QED) is 0.680. The lowest BCUT2D eigenvalue weighted by Crippen LogP contribution is -2.28. The predicted molar refractivity (Wildman–Crippen MR) is 76.4 cm³/mol. The predicted octanol–water partition coefficient (Wildman–Crippen LogP) is 1.68. The lowest BCUT2D eigenvalue weighted by Gasteiger charge is -2.05. The molecule has 1 saturated heterocycles. The minimum absolute atomic E-state index is 0.0777. The minimum Gasteiger partial charge on any atom is -0.273 e. The fourth-order valence-corrected chi connectivity index (χ4v) is 4.53. The van der Waals surface area contributed by atoms with E-state index in [-0.39, 0.29) is 17.4 Å². The molecule has 0 aliphatic carbocycles. The van der Waals surface area contributed by atoms with Crippen molar-refractivity contribution in [1.82, 2.24) is 5.43 Å². The minimum atomic E-state index is -3.05. The third kappa shape index (κ3) is 3.77. The van der Waals surface area contributed by atoms with Gasteiger partial charge in [-0.3, -0.25) is 4.79 Å². The van der Waals surface area contributed by atoms with Crippen molar-refractivity contribution in [2.75, 3.05) is 11.5 Å². The van der Waals surface area contributed by atoms with Gasteiger partial charge in [-0.15, -0.1) is 11.3 Å². The van der Waals surface area contributed by atoms with Gasteiger partial charge >= 0.3 is 0 Å². The number of amides is 1. The average molecular weight is 321 g/mol. The van der Waals surface area contributed by atoms with Gasteiger partial charge in [0, 0.05) is 0 Å². The molecule has 2 heterocycles. The first-order chi connectivity index (χ1) is 8.87. The molecule has 1 fully saturated rings. The normalized spacial score (nSPS) is 22.4. The first-order valence-corrected chi connectivity index (χ1v) is 8.69. The first kappa shape index (κ1) is 14.5. The number of carbonyl (C=O) groups is 1. The Balaban J connectivity index is 1.97. The van der Waals surface area contributed by atoms with E-state index in [0.29, 0.717) is 16.5 Å². The third-order valence-corrected chi connectivity index (χ3v) is 5.97. The molecule has 1 atom stereocenters. The van der Waals surface area contributed by atoms with Crippen LogP contribution in [0, 0.1) is 5.92 Å². The van der Waals surface area contributed by atoms with Gasteiger partial charge in [-0.2, -0.15) is 5.10 Å². The lowest BCUT2D eigenvalue weighted by molar-refractivity contribution is -0.124. The summed E-state index contributed by atoms with van der Waals surface area (Å²) in [6.45, 7) is 1.76. The van der Waals surface area contributed by atoms with E-state index in [1.807, 2.05) is 6.07 Å². The zero-order valence-corrected chi connectivity index (χ0v) is 12.6. The highest BCUT2D eigenvalue weighted by molar-refractivity contribution is 7.91. The molecule has 0 radical (unpaired) electrons. The van der Waals surface area contributed by atoms with Crippen molar-refractivity contribution in [1.29, 1.82) is 0 Å². The van der Waals surface area contributed by atoms with Crippen LogP contribution in [0.5, 0.6) is 0 Å². The summed E-state index contributed by atoms with van der Waals surface area (Å²) in [5, 5.41) is 3.97. The molecule has 0 unspecified atom stereocenters. The van der Waals surface area contributed by atoms with Crippen LogP contribution >= 0.6 is 22.9 Å². The molecule has 1 amide bonds. The molecule has 8 heteroatoms. The van der Waals surface area contributed by atoms with Crippen LogP contribution in [0.4, 0.5) is 0 Å². The Bertz CT molecular complexity index is 622. The molecule has 0 saturated carbocycles. The number of nitrogens with one attached hydrogen (secondary N) is 1. The van der Waals surface area contributed by atoms with Crippen molar-refractivity contribution in [3.8, 4) is 0 Å². The van der Waals surface area contributed by atoms with E-state index in [2.05, 4.69) is 10.5 Å². The molecule has 1 aliphatic heterocycles.